The summed E-state index contributed by atoms with van der Waals surface area (Å²) in [6.07, 6.45) is 12.1. The molecule has 0 aliphatic heterocycles. The molecule has 0 spiro atoms. The van der Waals surface area contributed by atoms with Gasteiger partial charge in [0.05, 0.1) is 0 Å². The molecule has 0 bridgehead atoms. The van der Waals surface area contributed by atoms with Gasteiger partial charge in [0.2, 0.25) is 0 Å². The molecule has 12 heavy (non-hydrogen) atoms. The summed E-state index contributed by atoms with van der Waals surface area (Å²) in [5.74, 6) is 0.498. The standard InChI is InChI=1S/C11H10O/c1-8(12)10-7-6-9-4-2-3-5-11(9)10/h2-7,9H,1H3. The van der Waals surface area contributed by atoms with Crippen molar-refractivity contribution in [3.05, 3.63) is 47.6 Å². The third-order valence-corrected chi connectivity index (χ3v) is 2.22. The summed E-state index contributed by atoms with van der Waals surface area (Å²) in [7, 11) is 0. The lowest BCUT2D eigenvalue weighted by Crippen LogP contribution is -2.00. The average Bonchev–Trinajstić information content (AvgIpc) is 2.47. The molecule has 0 aromatic carbocycles. The third kappa shape index (κ3) is 0.981. The molecule has 1 atom stereocenters. The first kappa shape index (κ1) is 7.29. The molecular weight excluding hydrogens is 148 g/mol. The first-order valence-corrected chi connectivity index (χ1v) is 4.07. The molecule has 60 valence electrons. The van der Waals surface area contributed by atoms with E-state index in [1.165, 1.54) is 0 Å². The summed E-state index contributed by atoms with van der Waals surface area (Å²) in [5.41, 5.74) is 2.01. The maximum atomic E-state index is 11.1. The van der Waals surface area contributed by atoms with Gasteiger partial charge in [0.15, 0.2) is 5.78 Å². The van der Waals surface area contributed by atoms with Crippen molar-refractivity contribution >= 4 is 5.78 Å². The molecule has 0 N–H and O–H groups in total. The van der Waals surface area contributed by atoms with E-state index in [1.54, 1.807) is 6.92 Å². The Bertz CT molecular complexity index is 340. The minimum atomic E-state index is 0.156. The summed E-state index contributed by atoms with van der Waals surface area (Å²) in [6.45, 7) is 1.61. The molecule has 0 fully saturated rings. The zero-order valence-corrected chi connectivity index (χ0v) is 6.95. The SMILES string of the molecule is CC(=O)C1=C2C=CC=CC2C=C1. The van der Waals surface area contributed by atoms with Crippen molar-refractivity contribution in [2.45, 2.75) is 6.92 Å². The van der Waals surface area contributed by atoms with Crippen LogP contribution in [0.15, 0.2) is 47.6 Å². The van der Waals surface area contributed by atoms with Crippen LogP contribution in [-0.2, 0) is 4.79 Å². The summed E-state index contributed by atoms with van der Waals surface area (Å²) in [6, 6.07) is 0. The molecule has 0 aromatic rings. The van der Waals surface area contributed by atoms with Crippen molar-refractivity contribution in [1.29, 1.82) is 0 Å². The van der Waals surface area contributed by atoms with E-state index < -0.39 is 0 Å². The Morgan fingerprint density at radius 1 is 1.25 bits per heavy atom. The van der Waals surface area contributed by atoms with Crippen LogP contribution in [0.5, 0.6) is 0 Å². The summed E-state index contributed by atoms with van der Waals surface area (Å²) in [4.78, 5) is 11.1. The minimum absolute atomic E-state index is 0.156. The van der Waals surface area contributed by atoms with Gasteiger partial charge >= 0.3 is 0 Å². The van der Waals surface area contributed by atoms with E-state index in [-0.39, 0.29) is 5.78 Å². The Morgan fingerprint density at radius 3 is 2.83 bits per heavy atom. The summed E-state index contributed by atoms with van der Waals surface area (Å²) < 4.78 is 0. The van der Waals surface area contributed by atoms with Crippen LogP contribution in [0, 0.1) is 5.92 Å². The number of hydrogen-bond donors (Lipinski definition) is 0. The van der Waals surface area contributed by atoms with E-state index in [0.29, 0.717) is 5.92 Å². The fourth-order valence-electron chi connectivity index (χ4n) is 1.61. The molecule has 0 radical (unpaired) electrons. The predicted molar refractivity (Wildman–Crippen MR) is 48.6 cm³/mol. The lowest BCUT2D eigenvalue weighted by Gasteiger charge is -2.09. The van der Waals surface area contributed by atoms with E-state index in [0.717, 1.165) is 11.1 Å². The number of hydrogen-bond acceptors (Lipinski definition) is 1. The number of carbonyl (C=O) groups is 1. The van der Waals surface area contributed by atoms with Crippen LogP contribution >= 0.6 is 0 Å². The second-order valence-corrected chi connectivity index (χ2v) is 3.05. The van der Waals surface area contributed by atoms with E-state index in [9.17, 15) is 4.79 Å². The third-order valence-electron chi connectivity index (χ3n) is 2.22. The summed E-state index contributed by atoms with van der Waals surface area (Å²) >= 11 is 0. The fraction of sp³-hybridized carbons (Fsp3) is 0.182. The number of Topliss-reactive ketones (excluding diaryl/α,β-unsaturated/α-hetero) is 1. The lowest BCUT2D eigenvalue weighted by atomic mass is 9.95. The number of rotatable bonds is 1. The molecule has 0 aromatic heterocycles. The average molecular weight is 158 g/mol. The van der Waals surface area contributed by atoms with Gasteiger partial charge in [0.25, 0.3) is 0 Å². The zero-order valence-electron chi connectivity index (χ0n) is 6.95. The number of carbonyl (C=O) groups excluding carboxylic acids is 1. The Hall–Kier alpha value is -1.37. The molecule has 1 unspecified atom stereocenters. The van der Waals surface area contributed by atoms with Crippen LogP contribution in [-0.4, -0.2) is 5.78 Å². The van der Waals surface area contributed by atoms with Crippen molar-refractivity contribution in [2.24, 2.45) is 5.92 Å². The maximum absolute atomic E-state index is 11.1. The van der Waals surface area contributed by atoms with Crippen LogP contribution in [0.1, 0.15) is 6.92 Å². The summed E-state index contributed by atoms with van der Waals surface area (Å²) in [5, 5.41) is 0. The number of allylic oxidation sites excluding steroid dienone is 8. The first-order chi connectivity index (χ1) is 5.79. The molecule has 0 amide bonds. The van der Waals surface area contributed by atoms with Gasteiger partial charge in [-0.3, -0.25) is 4.79 Å². The Kier molecular flexibility index (Phi) is 1.58. The maximum Gasteiger partial charge on any atom is 0.160 e. The zero-order chi connectivity index (χ0) is 8.55. The largest absolute Gasteiger partial charge is 0.295 e. The molecule has 2 rings (SSSR count). The second kappa shape index (κ2) is 2.59. The smallest absolute Gasteiger partial charge is 0.160 e. The highest BCUT2D eigenvalue weighted by Gasteiger charge is 2.19. The molecule has 1 heteroatoms. The van der Waals surface area contributed by atoms with Crippen molar-refractivity contribution in [2.75, 3.05) is 0 Å². The topological polar surface area (TPSA) is 17.1 Å². The highest BCUT2D eigenvalue weighted by Crippen LogP contribution is 2.30. The molecular formula is C11H10O. The van der Waals surface area contributed by atoms with Crippen molar-refractivity contribution < 1.29 is 4.79 Å². The quantitative estimate of drug-likeness (QED) is 0.571. The van der Waals surface area contributed by atoms with Crippen molar-refractivity contribution in [3.8, 4) is 0 Å². The molecule has 0 heterocycles. The lowest BCUT2D eigenvalue weighted by molar-refractivity contribution is -0.113. The number of ketones is 1. The normalized spacial score (nSPS) is 24.9. The van der Waals surface area contributed by atoms with Gasteiger partial charge in [-0.05, 0) is 12.5 Å². The van der Waals surface area contributed by atoms with Crippen LogP contribution in [0.3, 0.4) is 0 Å². The Morgan fingerprint density at radius 2 is 2.08 bits per heavy atom. The van der Waals surface area contributed by atoms with Gasteiger partial charge in [-0.1, -0.05) is 36.5 Å². The van der Waals surface area contributed by atoms with E-state index in [1.807, 2.05) is 24.3 Å². The van der Waals surface area contributed by atoms with Gasteiger partial charge in [-0.15, -0.1) is 0 Å². The van der Waals surface area contributed by atoms with Crippen LogP contribution in [0.2, 0.25) is 0 Å². The predicted octanol–water partition coefficient (Wildman–Crippen LogP) is 2.18. The fourth-order valence-corrected chi connectivity index (χ4v) is 1.61. The van der Waals surface area contributed by atoms with Crippen LogP contribution in [0.4, 0.5) is 0 Å². The molecule has 0 saturated carbocycles. The Labute approximate surface area is 71.8 Å². The highest BCUT2D eigenvalue weighted by atomic mass is 16.1. The highest BCUT2D eigenvalue weighted by molar-refractivity contribution is 5.98. The van der Waals surface area contributed by atoms with Crippen molar-refractivity contribution in [3.63, 3.8) is 0 Å². The first-order valence-electron chi connectivity index (χ1n) is 4.07. The molecule has 2 aliphatic rings. The second-order valence-electron chi connectivity index (χ2n) is 3.05. The van der Waals surface area contributed by atoms with Crippen LogP contribution in [0.25, 0.3) is 0 Å². The Balaban J connectivity index is 2.46. The van der Waals surface area contributed by atoms with Gasteiger partial charge in [0.1, 0.15) is 0 Å². The van der Waals surface area contributed by atoms with Gasteiger partial charge in [0, 0.05) is 11.5 Å². The molecule has 0 saturated heterocycles. The van der Waals surface area contributed by atoms with E-state index in [4.69, 9.17) is 0 Å². The monoisotopic (exact) mass is 158 g/mol. The van der Waals surface area contributed by atoms with Gasteiger partial charge in [-0.2, -0.15) is 0 Å². The van der Waals surface area contributed by atoms with Crippen molar-refractivity contribution in [1.82, 2.24) is 0 Å². The molecule has 2 aliphatic carbocycles. The van der Waals surface area contributed by atoms with Crippen LogP contribution < -0.4 is 0 Å². The minimum Gasteiger partial charge on any atom is -0.295 e. The van der Waals surface area contributed by atoms with Gasteiger partial charge < -0.3 is 0 Å². The van der Waals surface area contributed by atoms with E-state index >= 15 is 0 Å². The van der Waals surface area contributed by atoms with E-state index in [2.05, 4.69) is 12.2 Å². The van der Waals surface area contributed by atoms with Gasteiger partial charge in [-0.25, -0.2) is 0 Å². The molecule has 1 nitrogen and oxygen atoms in total. The number of fused-ring (bicyclic) bond motifs is 1.